The molecule has 0 spiro atoms. The van der Waals surface area contributed by atoms with Gasteiger partial charge in [0.15, 0.2) is 5.75 Å². The minimum atomic E-state index is -4.91. The van der Waals surface area contributed by atoms with Gasteiger partial charge in [-0.3, -0.25) is 19.4 Å². The van der Waals surface area contributed by atoms with Crippen molar-refractivity contribution in [1.29, 1.82) is 0 Å². The Morgan fingerprint density at radius 2 is 1.59 bits per heavy atom. The molecule has 0 unspecified atom stereocenters. The van der Waals surface area contributed by atoms with Gasteiger partial charge in [-0.25, -0.2) is 8.42 Å². The Bertz CT molecular complexity index is 1170. The zero-order valence-corrected chi connectivity index (χ0v) is 17.1. The van der Waals surface area contributed by atoms with Gasteiger partial charge in [-0.15, -0.1) is 0 Å². The van der Waals surface area contributed by atoms with E-state index in [1.807, 2.05) is 0 Å². The van der Waals surface area contributed by atoms with Gasteiger partial charge in [0.25, 0.3) is 5.69 Å². The van der Waals surface area contributed by atoms with Crippen molar-refractivity contribution in [2.45, 2.75) is 12.7 Å². The number of aromatic nitrogens is 1. The average Bonchev–Trinajstić information content (AvgIpc) is 2.72. The molecule has 0 amide bonds. The van der Waals surface area contributed by atoms with E-state index in [-0.39, 0.29) is 23.7 Å². The Kier molecular flexibility index (Phi) is 6.63. The zero-order valence-electron chi connectivity index (χ0n) is 16.3. The highest BCUT2D eigenvalue weighted by molar-refractivity contribution is 7.92. The first-order chi connectivity index (χ1) is 15.0. The Hall–Kier alpha value is -3.67. The van der Waals surface area contributed by atoms with E-state index in [0.717, 1.165) is 0 Å². The molecule has 0 saturated carbocycles. The van der Waals surface area contributed by atoms with Crippen LogP contribution in [0.1, 0.15) is 5.56 Å². The molecule has 0 N–H and O–H groups in total. The number of hydrogen-bond donors (Lipinski definition) is 0. The van der Waals surface area contributed by atoms with Gasteiger partial charge in [0.2, 0.25) is 10.0 Å². The highest BCUT2D eigenvalue weighted by Gasteiger charge is 2.38. The van der Waals surface area contributed by atoms with Crippen molar-refractivity contribution in [3.63, 3.8) is 0 Å². The maximum atomic E-state index is 12.9. The first kappa shape index (κ1) is 23.0. The van der Waals surface area contributed by atoms with Crippen LogP contribution in [-0.4, -0.2) is 30.3 Å². The molecule has 3 rings (SSSR count). The van der Waals surface area contributed by atoms with Crippen molar-refractivity contribution >= 4 is 21.4 Å². The highest BCUT2D eigenvalue weighted by atomic mass is 32.2. The van der Waals surface area contributed by atoms with E-state index in [0.29, 0.717) is 15.6 Å². The third kappa shape index (κ3) is 6.17. The Morgan fingerprint density at radius 3 is 2.09 bits per heavy atom. The van der Waals surface area contributed by atoms with Gasteiger partial charge in [-0.2, -0.15) is 13.2 Å². The van der Waals surface area contributed by atoms with E-state index in [9.17, 15) is 31.7 Å². The number of alkyl halides is 3. The van der Waals surface area contributed by atoms with Crippen molar-refractivity contribution in [1.82, 2.24) is 4.98 Å². The highest BCUT2D eigenvalue weighted by Crippen LogP contribution is 2.29. The fourth-order valence-corrected chi connectivity index (χ4v) is 4.10. The lowest BCUT2D eigenvalue weighted by Gasteiger charge is -2.25. The van der Waals surface area contributed by atoms with Crippen LogP contribution >= 0.6 is 0 Å². The molecule has 0 atom stereocenters. The number of nitro groups is 1. The third-order valence-corrected chi connectivity index (χ3v) is 5.84. The van der Waals surface area contributed by atoms with E-state index in [4.69, 9.17) is 4.74 Å². The number of halogens is 3. The molecule has 32 heavy (non-hydrogen) atoms. The summed E-state index contributed by atoms with van der Waals surface area (Å²) in [5, 5.41) is 10.7. The number of hydrogen-bond acceptors (Lipinski definition) is 6. The Labute approximate surface area is 181 Å². The molecule has 3 aromatic rings. The van der Waals surface area contributed by atoms with Crippen molar-refractivity contribution in [2.24, 2.45) is 0 Å². The predicted octanol–water partition coefficient (Wildman–Crippen LogP) is 4.68. The molecule has 1 heterocycles. The Morgan fingerprint density at radius 1 is 1.00 bits per heavy atom. The van der Waals surface area contributed by atoms with Crippen LogP contribution in [0, 0.1) is 10.1 Å². The van der Waals surface area contributed by atoms with Crippen LogP contribution in [0.4, 0.5) is 24.5 Å². The van der Waals surface area contributed by atoms with Crippen LogP contribution < -0.4 is 9.04 Å². The summed E-state index contributed by atoms with van der Waals surface area (Å²) in [4.78, 5) is 14.0. The maximum absolute atomic E-state index is 12.9. The van der Waals surface area contributed by atoms with Crippen LogP contribution in [0.5, 0.6) is 11.5 Å². The molecule has 2 aromatic carbocycles. The molecule has 12 heteroatoms. The minimum Gasteiger partial charge on any atom is -0.457 e. The van der Waals surface area contributed by atoms with E-state index < -0.39 is 26.9 Å². The van der Waals surface area contributed by atoms with Gasteiger partial charge in [0.1, 0.15) is 11.5 Å². The molecular weight excluding hydrogens is 451 g/mol. The van der Waals surface area contributed by atoms with Crippen molar-refractivity contribution in [2.75, 3.05) is 10.1 Å². The van der Waals surface area contributed by atoms with E-state index >= 15 is 0 Å². The maximum Gasteiger partial charge on any atom is 0.404 e. The average molecular weight is 467 g/mol. The standard InChI is InChI=1S/C20H16F3N3O5S/c21-20(22,23)14-32(29,30)25(13-15-2-1-11-24-12-15)16-3-7-18(8-4-16)31-19-9-5-17(6-10-19)26(27)28/h1-12H,13-14H2. The first-order valence-electron chi connectivity index (χ1n) is 9.02. The lowest BCUT2D eigenvalue weighted by atomic mass is 10.2. The second-order valence-corrected chi connectivity index (χ2v) is 8.48. The van der Waals surface area contributed by atoms with Gasteiger partial charge in [0, 0.05) is 24.5 Å². The summed E-state index contributed by atoms with van der Waals surface area (Å²) in [6, 6.07) is 13.8. The van der Waals surface area contributed by atoms with Gasteiger partial charge in [0.05, 0.1) is 17.2 Å². The van der Waals surface area contributed by atoms with E-state index in [1.54, 1.807) is 12.1 Å². The number of non-ortho nitro benzene ring substituents is 1. The quantitative estimate of drug-likeness (QED) is 0.352. The smallest absolute Gasteiger partial charge is 0.404 e. The summed E-state index contributed by atoms with van der Waals surface area (Å²) >= 11 is 0. The van der Waals surface area contributed by atoms with Crippen LogP contribution in [0.15, 0.2) is 73.1 Å². The number of nitro benzene ring substituents is 1. The number of ether oxygens (including phenoxy) is 1. The number of pyridine rings is 1. The molecule has 0 radical (unpaired) electrons. The summed E-state index contributed by atoms with van der Waals surface area (Å²) < 4.78 is 69.8. The van der Waals surface area contributed by atoms with Crippen LogP contribution in [-0.2, 0) is 16.6 Å². The molecule has 1 aromatic heterocycles. The lowest BCUT2D eigenvalue weighted by molar-refractivity contribution is -0.384. The number of anilines is 1. The van der Waals surface area contributed by atoms with Gasteiger partial charge >= 0.3 is 6.18 Å². The number of nitrogens with zero attached hydrogens (tertiary/aromatic N) is 3. The largest absolute Gasteiger partial charge is 0.457 e. The molecule has 0 aliphatic heterocycles. The number of sulfonamides is 1. The molecule has 0 bridgehead atoms. The second-order valence-electron chi connectivity index (χ2n) is 6.59. The molecule has 8 nitrogen and oxygen atoms in total. The molecule has 168 valence electrons. The molecule has 0 fully saturated rings. The zero-order chi connectivity index (χ0) is 23.4. The van der Waals surface area contributed by atoms with Gasteiger partial charge in [-0.1, -0.05) is 6.07 Å². The SMILES string of the molecule is O=[N+]([O-])c1ccc(Oc2ccc(N(Cc3cccnc3)S(=O)(=O)CC(F)(F)F)cc2)cc1. The first-order valence-corrected chi connectivity index (χ1v) is 10.6. The van der Waals surface area contributed by atoms with Crippen LogP contribution in [0.3, 0.4) is 0 Å². The van der Waals surface area contributed by atoms with Crippen LogP contribution in [0.2, 0.25) is 0 Å². The topological polar surface area (TPSA) is 103 Å². The molecular formula is C20H16F3N3O5S. The van der Waals surface area contributed by atoms with Gasteiger partial charge in [-0.05, 0) is 48.0 Å². The summed E-state index contributed by atoms with van der Waals surface area (Å²) in [6.07, 6.45) is -2.09. The van der Waals surface area contributed by atoms with E-state index in [1.165, 1.54) is 60.9 Å². The number of rotatable bonds is 8. The fraction of sp³-hybridized carbons (Fsp3) is 0.150. The summed E-state index contributed by atoms with van der Waals surface area (Å²) in [5.41, 5.74) is 0.298. The minimum absolute atomic E-state index is 0.00847. The number of benzene rings is 2. The monoisotopic (exact) mass is 467 g/mol. The predicted molar refractivity (Wildman–Crippen MR) is 110 cm³/mol. The molecule has 0 aliphatic rings. The van der Waals surface area contributed by atoms with Crippen molar-refractivity contribution in [3.8, 4) is 11.5 Å². The van der Waals surface area contributed by atoms with Crippen LogP contribution in [0.25, 0.3) is 0 Å². The second kappa shape index (κ2) is 9.22. The summed E-state index contributed by atoms with van der Waals surface area (Å²) in [6.45, 7) is -0.338. The molecule has 0 saturated heterocycles. The third-order valence-electron chi connectivity index (χ3n) is 4.14. The van der Waals surface area contributed by atoms with Crippen molar-refractivity contribution in [3.05, 3.63) is 88.7 Å². The van der Waals surface area contributed by atoms with Crippen molar-refractivity contribution < 1.29 is 31.2 Å². The van der Waals surface area contributed by atoms with E-state index in [2.05, 4.69) is 4.98 Å². The molecule has 0 aliphatic carbocycles. The summed E-state index contributed by atoms with van der Waals surface area (Å²) in [5.74, 6) is -1.46. The van der Waals surface area contributed by atoms with Gasteiger partial charge < -0.3 is 4.74 Å². The fourth-order valence-electron chi connectivity index (χ4n) is 2.74. The summed E-state index contributed by atoms with van der Waals surface area (Å²) in [7, 11) is -4.74. The normalized spacial score (nSPS) is 11.7. The Balaban J connectivity index is 1.85. The lowest BCUT2D eigenvalue weighted by Crippen LogP contribution is -2.37.